The van der Waals surface area contributed by atoms with Crippen molar-refractivity contribution in [3.05, 3.63) is 42.0 Å². The first kappa shape index (κ1) is 16.4. The van der Waals surface area contributed by atoms with E-state index in [9.17, 15) is 9.18 Å². The molecule has 1 aromatic heterocycles. The zero-order chi connectivity index (χ0) is 16.9. The van der Waals surface area contributed by atoms with Gasteiger partial charge in [0.05, 0.1) is 18.3 Å². The number of amides is 1. The smallest absolute Gasteiger partial charge is 0.276 e. The Balaban J connectivity index is 1.72. The van der Waals surface area contributed by atoms with E-state index in [1.165, 1.54) is 18.2 Å². The fraction of sp³-hybridized carbons (Fsp3) is 0.412. The number of carbonyl (C=O) groups excluding carboxylic acids is 1. The number of hydrogen-bond donors (Lipinski definition) is 2. The van der Waals surface area contributed by atoms with E-state index in [2.05, 4.69) is 15.7 Å². The molecule has 1 atom stereocenters. The first-order chi connectivity index (χ1) is 11.7. The van der Waals surface area contributed by atoms with Crippen LogP contribution in [-0.2, 0) is 0 Å². The molecule has 0 bridgehead atoms. The second-order valence-electron chi connectivity index (χ2n) is 5.71. The highest BCUT2D eigenvalue weighted by Crippen LogP contribution is 2.26. The molecule has 6 nitrogen and oxygen atoms in total. The molecule has 1 saturated heterocycles. The van der Waals surface area contributed by atoms with E-state index in [0.717, 1.165) is 25.9 Å². The van der Waals surface area contributed by atoms with Crippen molar-refractivity contribution in [1.29, 1.82) is 0 Å². The van der Waals surface area contributed by atoms with Crippen LogP contribution in [0.4, 0.5) is 10.1 Å². The van der Waals surface area contributed by atoms with Gasteiger partial charge in [-0.1, -0.05) is 0 Å². The lowest BCUT2D eigenvalue weighted by molar-refractivity contribution is 0.102. The lowest BCUT2D eigenvalue weighted by Crippen LogP contribution is -2.32. The monoisotopic (exact) mass is 332 g/mol. The van der Waals surface area contributed by atoms with Gasteiger partial charge in [-0.3, -0.25) is 9.48 Å². The number of halogens is 1. The Bertz CT molecular complexity index is 710. The lowest BCUT2D eigenvalue weighted by atomic mass is 10.1. The van der Waals surface area contributed by atoms with Crippen molar-refractivity contribution in [3.8, 4) is 5.75 Å². The summed E-state index contributed by atoms with van der Waals surface area (Å²) < 4.78 is 20.5. The van der Waals surface area contributed by atoms with Crippen LogP contribution in [-0.4, -0.2) is 35.4 Å². The number of carbonyl (C=O) groups is 1. The molecule has 0 saturated carbocycles. The molecular formula is C17H21FN4O2. The first-order valence-electron chi connectivity index (χ1n) is 8.17. The Morgan fingerprint density at radius 3 is 3.12 bits per heavy atom. The molecule has 1 unspecified atom stereocenters. The van der Waals surface area contributed by atoms with Gasteiger partial charge >= 0.3 is 0 Å². The summed E-state index contributed by atoms with van der Waals surface area (Å²) in [5, 5.41) is 10.4. The molecule has 2 N–H and O–H groups in total. The van der Waals surface area contributed by atoms with Crippen molar-refractivity contribution in [2.24, 2.45) is 0 Å². The maximum absolute atomic E-state index is 13.3. The number of benzene rings is 1. The van der Waals surface area contributed by atoms with Crippen molar-refractivity contribution in [1.82, 2.24) is 15.1 Å². The Kier molecular flexibility index (Phi) is 5.10. The number of hydrogen-bond acceptors (Lipinski definition) is 4. The van der Waals surface area contributed by atoms with Crippen LogP contribution >= 0.6 is 0 Å². The second kappa shape index (κ2) is 7.44. The fourth-order valence-electron chi connectivity index (χ4n) is 2.78. The van der Waals surface area contributed by atoms with E-state index in [0.29, 0.717) is 23.7 Å². The highest BCUT2D eigenvalue weighted by atomic mass is 19.1. The van der Waals surface area contributed by atoms with Gasteiger partial charge in [0.1, 0.15) is 11.6 Å². The molecule has 0 aliphatic carbocycles. The zero-order valence-electron chi connectivity index (χ0n) is 13.6. The van der Waals surface area contributed by atoms with E-state index in [1.54, 1.807) is 13.0 Å². The maximum Gasteiger partial charge on any atom is 0.276 e. The number of ether oxygens (including phenoxy) is 1. The minimum Gasteiger partial charge on any atom is -0.492 e. The van der Waals surface area contributed by atoms with Gasteiger partial charge in [-0.2, -0.15) is 5.10 Å². The van der Waals surface area contributed by atoms with Crippen LogP contribution in [0.25, 0.3) is 0 Å². The molecule has 1 aromatic carbocycles. The number of piperidine rings is 1. The third kappa shape index (κ3) is 3.73. The summed E-state index contributed by atoms with van der Waals surface area (Å²) in [7, 11) is 0. The SMILES string of the molecule is CCOc1cc(F)ccc1NC(=O)c1ccn(C2CCCNC2)n1. The van der Waals surface area contributed by atoms with E-state index in [4.69, 9.17) is 4.74 Å². The van der Waals surface area contributed by atoms with Crippen molar-refractivity contribution >= 4 is 11.6 Å². The molecule has 1 aliphatic heterocycles. The van der Waals surface area contributed by atoms with Crippen LogP contribution in [0.3, 0.4) is 0 Å². The molecule has 2 heterocycles. The van der Waals surface area contributed by atoms with Crippen LogP contribution in [0.15, 0.2) is 30.5 Å². The Morgan fingerprint density at radius 1 is 1.50 bits per heavy atom. The third-order valence-corrected chi connectivity index (χ3v) is 3.98. The van der Waals surface area contributed by atoms with E-state index in [1.807, 2.05) is 10.9 Å². The van der Waals surface area contributed by atoms with Gasteiger partial charge in [-0.15, -0.1) is 0 Å². The molecule has 24 heavy (non-hydrogen) atoms. The van der Waals surface area contributed by atoms with Gasteiger partial charge in [0, 0.05) is 18.8 Å². The number of nitrogens with zero attached hydrogens (tertiary/aromatic N) is 2. The van der Waals surface area contributed by atoms with E-state index >= 15 is 0 Å². The molecule has 0 radical (unpaired) electrons. The van der Waals surface area contributed by atoms with Crippen molar-refractivity contribution in [2.45, 2.75) is 25.8 Å². The normalized spacial score (nSPS) is 17.5. The lowest BCUT2D eigenvalue weighted by Gasteiger charge is -2.22. The summed E-state index contributed by atoms with van der Waals surface area (Å²) in [4.78, 5) is 12.4. The zero-order valence-corrected chi connectivity index (χ0v) is 13.6. The third-order valence-electron chi connectivity index (χ3n) is 3.98. The predicted octanol–water partition coefficient (Wildman–Crippen LogP) is 2.60. The molecule has 2 aromatic rings. The Morgan fingerprint density at radius 2 is 2.38 bits per heavy atom. The van der Waals surface area contributed by atoms with E-state index < -0.39 is 5.82 Å². The average molecular weight is 332 g/mol. The van der Waals surface area contributed by atoms with E-state index in [-0.39, 0.29) is 11.9 Å². The molecule has 7 heteroatoms. The summed E-state index contributed by atoms with van der Waals surface area (Å²) in [6.07, 6.45) is 3.96. The topological polar surface area (TPSA) is 68.2 Å². The van der Waals surface area contributed by atoms with Crippen LogP contribution in [0.1, 0.15) is 36.3 Å². The standard InChI is InChI=1S/C17H21FN4O2/c1-2-24-16-10-12(18)5-6-14(16)20-17(23)15-7-9-22(21-15)13-4-3-8-19-11-13/h5-7,9-10,13,19H,2-4,8,11H2,1H3,(H,20,23). The highest BCUT2D eigenvalue weighted by Gasteiger charge is 2.18. The van der Waals surface area contributed by atoms with Crippen LogP contribution in [0, 0.1) is 5.82 Å². The first-order valence-corrected chi connectivity index (χ1v) is 8.17. The fourth-order valence-corrected chi connectivity index (χ4v) is 2.78. The number of rotatable bonds is 5. The molecule has 128 valence electrons. The van der Waals surface area contributed by atoms with Crippen molar-refractivity contribution < 1.29 is 13.9 Å². The highest BCUT2D eigenvalue weighted by molar-refractivity contribution is 6.03. The van der Waals surface area contributed by atoms with Crippen LogP contribution in [0.2, 0.25) is 0 Å². The van der Waals surface area contributed by atoms with Gasteiger partial charge in [0.25, 0.3) is 5.91 Å². The minimum absolute atomic E-state index is 0.269. The van der Waals surface area contributed by atoms with Crippen molar-refractivity contribution in [3.63, 3.8) is 0 Å². The van der Waals surface area contributed by atoms with Crippen molar-refractivity contribution in [2.75, 3.05) is 25.0 Å². The predicted molar refractivity (Wildman–Crippen MR) is 88.9 cm³/mol. The van der Waals surface area contributed by atoms with Gasteiger partial charge < -0.3 is 15.4 Å². The molecule has 1 fully saturated rings. The summed E-state index contributed by atoms with van der Waals surface area (Å²) in [5.74, 6) is -0.447. The molecule has 1 aliphatic rings. The minimum atomic E-state index is -0.412. The van der Waals surface area contributed by atoms with Gasteiger partial charge in [-0.25, -0.2) is 4.39 Å². The summed E-state index contributed by atoms with van der Waals surface area (Å²) >= 11 is 0. The van der Waals surface area contributed by atoms with Crippen LogP contribution < -0.4 is 15.4 Å². The Labute approximate surface area is 140 Å². The largest absolute Gasteiger partial charge is 0.492 e. The maximum atomic E-state index is 13.3. The van der Waals surface area contributed by atoms with Gasteiger partial charge in [-0.05, 0) is 44.5 Å². The molecule has 0 spiro atoms. The van der Waals surface area contributed by atoms with Gasteiger partial charge in [0.15, 0.2) is 5.69 Å². The summed E-state index contributed by atoms with van der Waals surface area (Å²) in [5.41, 5.74) is 0.754. The molecule has 1 amide bonds. The van der Waals surface area contributed by atoms with Crippen LogP contribution in [0.5, 0.6) is 5.75 Å². The molecular weight excluding hydrogens is 311 g/mol. The number of aromatic nitrogens is 2. The average Bonchev–Trinajstić information content (AvgIpc) is 3.08. The quantitative estimate of drug-likeness (QED) is 0.883. The van der Waals surface area contributed by atoms with Gasteiger partial charge in [0.2, 0.25) is 0 Å². The number of nitrogens with one attached hydrogen (secondary N) is 2. The number of anilines is 1. The summed E-state index contributed by atoms with van der Waals surface area (Å²) in [6.45, 7) is 4.07. The molecule has 3 rings (SSSR count). The second-order valence-corrected chi connectivity index (χ2v) is 5.71. The Hall–Kier alpha value is -2.41. The summed E-state index contributed by atoms with van der Waals surface area (Å²) in [6, 6.07) is 5.98.